The zero-order valence-electron chi connectivity index (χ0n) is 21.4. The standard InChI is InChI=1S/C30H12Br9O4P/c31-16-1-4-19-13(7-16)10-22(34)25(37)28(19)41-44(40,42-29-20-5-2-17(32)8-14(20)11-23(35)26(29)38)43-30-21-6-3-18(33)9-15(21)12-24(36)27(30)39/h1-12H. The number of rotatable bonds is 6. The zero-order valence-corrected chi connectivity index (χ0v) is 36.6. The van der Waals surface area contributed by atoms with Gasteiger partial charge >= 0.3 is 7.82 Å². The van der Waals surface area contributed by atoms with E-state index in [1.54, 1.807) is 0 Å². The summed E-state index contributed by atoms with van der Waals surface area (Å²) in [5, 5.41) is 4.61. The van der Waals surface area contributed by atoms with E-state index in [1.807, 2.05) is 72.8 Å². The van der Waals surface area contributed by atoms with Crippen molar-refractivity contribution in [3.63, 3.8) is 0 Å². The Kier molecular flexibility index (Phi) is 10.4. The lowest BCUT2D eigenvalue weighted by atomic mass is 10.1. The third-order valence-corrected chi connectivity index (χ3v) is 15.0. The van der Waals surface area contributed by atoms with Gasteiger partial charge in [0, 0.05) is 43.0 Å². The Morgan fingerprint density at radius 2 is 0.682 bits per heavy atom. The van der Waals surface area contributed by atoms with Crippen molar-refractivity contribution in [3.05, 3.63) is 113 Å². The van der Waals surface area contributed by atoms with Crippen LogP contribution in [0.5, 0.6) is 17.2 Å². The first-order valence-electron chi connectivity index (χ1n) is 12.2. The van der Waals surface area contributed by atoms with Gasteiger partial charge in [0.05, 0.1) is 13.4 Å². The molecule has 224 valence electrons. The molecule has 0 aliphatic heterocycles. The molecule has 0 N–H and O–H groups in total. The SMILES string of the molecule is O=P(Oc1c(Br)c(Br)cc2cc(Br)ccc12)(Oc1c(Br)c(Br)cc2cc(Br)ccc12)Oc1c(Br)c(Br)cc2cc(Br)ccc12. The predicted molar refractivity (Wildman–Crippen MR) is 211 cm³/mol. The van der Waals surface area contributed by atoms with Crippen LogP contribution in [-0.4, -0.2) is 0 Å². The minimum absolute atomic E-state index is 0.279. The molecule has 0 radical (unpaired) electrons. The maximum atomic E-state index is 15.2. The van der Waals surface area contributed by atoms with Crippen molar-refractivity contribution in [1.29, 1.82) is 0 Å². The minimum atomic E-state index is -4.56. The predicted octanol–water partition coefficient (Wildman–Crippen LogP) is 15.7. The lowest BCUT2D eigenvalue weighted by Gasteiger charge is -2.24. The van der Waals surface area contributed by atoms with Crippen LogP contribution >= 0.6 is 151 Å². The third-order valence-electron chi connectivity index (χ3n) is 6.46. The van der Waals surface area contributed by atoms with Crippen LogP contribution in [0.4, 0.5) is 0 Å². The van der Waals surface area contributed by atoms with Crippen molar-refractivity contribution in [3.8, 4) is 17.2 Å². The van der Waals surface area contributed by atoms with Crippen LogP contribution in [0.1, 0.15) is 0 Å². The fourth-order valence-electron chi connectivity index (χ4n) is 4.52. The highest BCUT2D eigenvalue weighted by atomic mass is 79.9. The highest BCUT2D eigenvalue weighted by Crippen LogP contribution is 2.58. The highest BCUT2D eigenvalue weighted by molar-refractivity contribution is 9.14. The summed E-state index contributed by atoms with van der Waals surface area (Å²) in [6, 6.07) is 22.9. The molecular weight excluding hydrogens is 1170 g/mol. The molecule has 0 fully saturated rings. The Balaban J connectivity index is 1.60. The van der Waals surface area contributed by atoms with E-state index in [0.29, 0.717) is 43.0 Å². The number of halogens is 9. The van der Waals surface area contributed by atoms with E-state index in [4.69, 9.17) is 13.6 Å². The molecule has 0 aromatic heterocycles. The van der Waals surface area contributed by atoms with Gasteiger partial charge in [0.2, 0.25) is 0 Å². The fraction of sp³-hybridized carbons (Fsp3) is 0. The summed E-state index contributed by atoms with van der Waals surface area (Å²) in [6.07, 6.45) is 0. The molecule has 0 atom stereocenters. The Labute approximate surface area is 327 Å². The topological polar surface area (TPSA) is 44.8 Å². The number of hydrogen-bond acceptors (Lipinski definition) is 4. The van der Waals surface area contributed by atoms with Gasteiger partial charge in [0.1, 0.15) is 0 Å². The maximum absolute atomic E-state index is 15.2. The molecule has 0 aliphatic carbocycles. The van der Waals surface area contributed by atoms with E-state index < -0.39 is 7.82 Å². The lowest BCUT2D eigenvalue weighted by Crippen LogP contribution is -2.10. The van der Waals surface area contributed by atoms with Gasteiger partial charge < -0.3 is 13.6 Å². The number of benzene rings is 6. The largest absolute Gasteiger partial charge is 0.647 e. The van der Waals surface area contributed by atoms with E-state index in [-0.39, 0.29) is 17.2 Å². The molecule has 0 heterocycles. The Hall–Kier alpha value is 0.0500. The van der Waals surface area contributed by atoms with Gasteiger partial charge in [-0.3, -0.25) is 0 Å². The molecule has 6 aromatic carbocycles. The molecule has 0 saturated heterocycles. The van der Waals surface area contributed by atoms with Gasteiger partial charge in [0.25, 0.3) is 0 Å². The van der Waals surface area contributed by atoms with Gasteiger partial charge in [0.15, 0.2) is 17.2 Å². The molecule has 0 saturated carbocycles. The second kappa shape index (κ2) is 13.5. The molecule has 14 heteroatoms. The van der Waals surface area contributed by atoms with Crippen LogP contribution in [-0.2, 0) is 4.57 Å². The summed E-state index contributed by atoms with van der Waals surface area (Å²) in [5.41, 5.74) is 0. The molecule has 44 heavy (non-hydrogen) atoms. The molecule has 0 amide bonds. The van der Waals surface area contributed by atoms with E-state index >= 15 is 4.57 Å². The van der Waals surface area contributed by atoms with Crippen molar-refractivity contribution >= 4 is 184 Å². The smallest absolute Gasteiger partial charge is 0.384 e. The maximum Gasteiger partial charge on any atom is 0.647 e. The molecule has 4 nitrogen and oxygen atoms in total. The van der Waals surface area contributed by atoms with Crippen molar-refractivity contribution in [2.45, 2.75) is 0 Å². The number of phosphoric acid groups is 1. The first-order chi connectivity index (χ1) is 20.8. The van der Waals surface area contributed by atoms with Crippen molar-refractivity contribution in [1.82, 2.24) is 0 Å². The van der Waals surface area contributed by atoms with Crippen LogP contribution in [0.15, 0.2) is 113 Å². The van der Waals surface area contributed by atoms with Crippen LogP contribution in [0.2, 0.25) is 0 Å². The van der Waals surface area contributed by atoms with Gasteiger partial charge in [-0.2, -0.15) is 4.57 Å². The Morgan fingerprint density at radius 3 is 0.955 bits per heavy atom. The molecule has 6 rings (SSSR count). The normalized spacial score (nSPS) is 11.8. The second-order valence-corrected chi connectivity index (χ2v) is 18.5. The van der Waals surface area contributed by atoms with Gasteiger partial charge in [-0.25, -0.2) is 0 Å². The van der Waals surface area contributed by atoms with E-state index in [2.05, 4.69) is 143 Å². The highest BCUT2D eigenvalue weighted by Gasteiger charge is 2.38. The summed E-state index contributed by atoms with van der Waals surface area (Å²) >= 11 is 32.3. The van der Waals surface area contributed by atoms with Crippen LogP contribution < -0.4 is 13.6 Å². The monoisotopic (exact) mass is 1180 g/mol. The minimum Gasteiger partial charge on any atom is -0.384 e. The molecule has 0 aliphatic rings. The second-order valence-electron chi connectivity index (χ2n) is 9.32. The molecule has 0 bridgehead atoms. The fourth-order valence-corrected chi connectivity index (χ4v) is 9.89. The molecule has 6 aromatic rings. The Bertz CT molecular complexity index is 1960. The van der Waals surface area contributed by atoms with Crippen LogP contribution in [0.3, 0.4) is 0 Å². The van der Waals surface area contributed by atoms with E-state index in [0.717, 1.165) is 29.6 Å². The van der Waals surface area contributed by atoms with E-state index in [1.165, 1.54) is 0 Å². The Morgan fingerprint density at radius 1 is 0.409 bits per heavy atom. The summed E-state index contributed by atoms with van der Waals surface area (Å²) in [4.78, 5) is 0. The van der Waals surface area contributed by atoms with Crippen molar-refractivity contribution in [2.24, 2.45) is 0 Å². The number of phosphoric ester groups is 1. The third kappa shape index (κ3) is 6.80. The summed E-state index contributed by atoms with van der Waals surface area (Å²) in [7, 11) is -4.56. The van der Waals surface area contributed by atoms with Crippen LogP contribution in [0.25, 0.3) is 32.3 Å². The molecule has 0 spiro atoms. The lowest BCUT2D eigenvalue weighted by molar-refractivity contribution is 0.300. The quantitative estimate of drug-likeness (QED) is 0.156. The van der Waals surface area contributed by atoms with E-state index in [9.17, 15) is 0 Å². The summed E-state index contributed by atoms with van der Waals surface area (Å²) in [6.45, 7) is 0. The first kappa shape index (κ1) is 33.9. The van der Waals surface area contributed by atoms with Gasteiger partial charge in [-0.15, -0.1) is 0 Å². The average Bonchev–Trinajstić information content (AvgIpc) is 2.96. The van der Waals surface area contributed by atoms with Crippen molar-refractivity contribution in [2.75, 3.05) is 0 Å². The van der Waals surface area contributed by atoms with Gasteiger partial charge in [-0.05, 0) is 185 Å². The summed E-state index contributed by atoms with van der Waals surface area (Å²) in [5.74, 6) is 0.838. The van der Waals surface area contributed by atoms with Crippen molar-refractivity contribution < 1.29 is 18.1 Å². The van der Waals surface area contributed by atoms with Crippen LogP contribution in [0, 0.1) is 0 Å². The first-order valence-corrected chi connectivity index (χ1v) is 20.8. The number of fused-ring (bicyclic) bond motifs is 3. The average molecular weight is 1190 g/mol. The van der Waals surface area contributed by atoms with Gasteiger partial charge in [-0.1, -0.05) is 47.8 Å². The number of hydrogen-bond donors (Lipinski definition) is 0. The zero-order chi connectivity index (χ0) is 31.5. The molecular formula is C30H12Br9O4P. The molecule has 0 unspecified atom stereocenters. The summed E-state index contributed by atoms with van der Waals surface area (Å²) < 4.78 is 40.9.